The van der Waals surface area contributed by atoms with Crippen LogP contribution in [0.5, 0.6) is 0 Å². The molecular formula is C11H13NO2. The first kappa shape index (κ1) is 9.21. The van der Waals surface area contributed by atoms with E-state index in [1.165, 1.54) is 0 Å². The number of aliphatic hydroxyl groups is 1. The molecule has 0 spiro atoms. The second-order valence-corrected chi connectivity index (χ2v) is 3.71. The normalized spacial score (nSPS) is 21.6. The van der Waals surface area contributed by atoms with Gasteiger partial charge >= 0.3 is 0 Å². The van der Waals surface area contributed by atoms with Crippen molar-refractivity contribution in [1.29, 1.82) is 0 Å². The number of hydrogen-bond acceptors (Lipinski definition) is 2. The maximum Gasteiger partial charge on any atom is 0.232 e. The molecule has 0 bridgehead atoms. The van der Waals surface area contributed by atoms with E-state index in [1.807, 2.05) is 24.3 Å². The van der Waals surface area contributed by atoms with Crippen LogP contribution in [0.25, 0.3) is 0 Å². The van der Waals surface area contributed by atoms with Crippen LogP contribution >= 0.6 is 0 Å². The Morgan fingerprint density at radius 1 is 1.50 bits per heavy atom. The standard InChI is InChI=1S/C11H13NO2/c1-7(13)6-9-8-4-2-3-5-10(8)12-11(9)14/h2-5,7,9,13H,6H2,1H3,(H,12,14). The third kappa shape index (κ3) is 1.51. The molecule has 14 heavy (non-hydrogen) atoms. The highest BCUT2D eigenvalue weighted by Crippen LogP contribution is 2.34. The average Bonchev–Trinajstić information content (AvgIpc) is 2.43. The Balaban J connectivity index is 2.30. The van der Waals surface area contributed by atoms with Gasteiger partial charge in [-0.25, -0.2) is 0 Å². The van der Waals surface area contributed by atoms with E-state index in [2.05, 4.69) is 5.32 Å². The van der Waals surface area contributed by atoms with Crippen LogP contribution < -0.4 is 5.32 Å². The summed E-state index contributed by atoms with van der Waals surface area (Å²) in [5, 5.41) is 12.1. The molecule has 0 saturated heterocycles. The van der Waals surface area contributed by atoms with Crippen molar-refractivity contribution in [2.24, 2.45) is 0 Å². The van der Waals surface area contributed by atoms with Crippen molar-refractivity contribution < 1.29 is 9.90 Å². The molecular weight excluding hydrogens is 178 g/mol. The quantitative estimate of drug-likeness (QED) is 0.744. The molecule has 1 aliphatic heterocycles. The number of carbonyl (C=O) groups excluding carboxylic acids is 1. The average molecular weight is 191 g/mol. The summed E-state index contributed by atoms with van der Waals surface area (Å²) in [6.07, 6.45) is 0.0416. The summed E-state index contributed by atoms with van der Waals surface area (Å²) >= 11 is 0. The molecule has 2 rings (SSSR count). The van der Waals surface area contributed by atoms with Crippen molar-refractivity contribution in [3.8, 4) is 0 Å². The summed E-state index contributed by atoms with van der Waals surface area (Å²) in [5.74, 6) is -0.196. The zero-order valence-corrected chi connectivity index (χ0v) is 8.03. The van der Waals surface area contributed by atoms with Gasteiger partial charge in [-0.3, -0.25) is 4.79 Å². The molecule has 3 heteroatoms. The van der Waals surface area contributed by atoms with Crippen molar-refractivity contribution >= 4 is 11.6 Å². The lowest BCUT2D eigenvalue weighted by atomic mass is 9.95. The van der Waals surface area contributed by atoms with E-state index in [4.69, 9.17) is 0 Å². The lowest BCUT2D eigenvalue weighted by Gasteiger charge is -2.10. The van der Waals surface area contributed by atoms with Crippen LogP contribution in [0.3, 0.4) is 0 Å². The molecule has 74 valence electrons. The highest BCUT2D eigenvalue weighted by atomic mass is 16.3. The molecule has 1 amide bonds. The van der Waals surface area contributed by atoms with Gasteiger partial charge in [0, 0.05) is 5.69 Å². The monoisotopic (exact) mass is 191 g/mol. The van der Waals surface area contributed by atoms with Gasteiger partial charge in [0.05, 0.1) is 12.0 Å². The summed E-state index contributed by atoms with van der Waals surface area (Å²) in [7, 11) is 0. The Hall–Kier alpha value is -1.35. The number of para-hydroxylation sites is 1. The minimum absolute atomic E-state index is 0.00731. The lowest BCUT2D eigenvalue weighted by molar-refractivity contribution is -0.117. The maximum atomic E-state index is 11.5. The largest absolute Gasteiger partial charge is 0.393 e. The van der Waals surface area contributed by atoms with E-state index < -0.39 is 6.10 Å². The van der Waals surface area contributed by atoms with Gasteiger partial charge in [0.25, 0.3) is 0 Å². The molecule has 0 aliphatic carbocycles. The molecule has 1 heterocycles. The Morgan fingerprint density at radius 3 is 2.93 bits per heavy atom. The number of anilines is 1. The highest BCUT2D eigenvalue weighted by Gasteiger charge is 2.30. The summed E-state index contributed by atoms with van der Waals surface area (Å²) in [5.41, 5.74) is 1.88. The van der Waals surface area contributed by atoms with Crippen LogP contribution in [-0.2, 0) is 4.79 Å². The van der Waals surface area contributed by atoms with Crippen LogP contribution in [0.1, 0.15) is 24.8 Å². The molecule has 1 aromatic rings. The first-order valence-corrected chi connectivity index (χ1v) is 4.76. The van der Waals surface area contributed by atoms with Gasteiger partial charge in [-0.05, 0) is 25.0 Å². The van der Waals surface area contributed by atoms with Crippen LogP contribution in [0.15, 0.2) is 24.3 Å². The molecule has 0 fully saturated rings. The predicted molar refractivity (Wildman–Crippen MR) is 54.1 cm³/mol. The fraction of sp³-hybridized carbons (Fsp3) is 0.364. The smallest absolute Gasteiger partial charge is 0.232 e. The number of aliphatic hydroxyl groups excluding tert-OH is 1. The van der Waals surface area contributed by atoms with Crippen molar-refractivity contribution in [1.82, 2.24) is 0 Å². The summed E-state index contributed by atoms with van der Waals surface area (Å²) in [6.45, 7) is 1.70. The Bertz CT molecular complexity index is 360. The third-order valence-electron chi connectivity index (χ3n) is 2.49. The van der Waals surface area contributed by atoms with Gasteiger partial charge < -0.3 is 10.4 Å². The second-order valence-electron chi connectivity index (χ2n) is 3.71. The van der Waals surface area contributed by atoms with Gasteiger partial charge in [0.15, 0.2) is 0 Å². The van der Waals surface area contributed by atoms with Gasteiger partial charge in [0.1, 0.15) is 0 Å². The van der Waals surface area contributed by atoms with Crippen molar-refractivity contribution in [3.63, 3.8) is 0 Å². The topological polar surface area (TPSA) is 49.3 Å². The molecule has 3 nitrogen and oxygen atoms in total. The molecule has 2 unspecified atom stereocenters. The maximum absolute atomic E-state index is 11.5. The summed E-state index contributed by atoms with van der Waals surface area (Å²) in [4.78, 5) is 11.5. The first-order chi connectivity index (χ1) is 6.68. The predicted octanol–water partition coefficient (Wildman–Crippen LogP) is 1.49. The molecule has 0 saturated carbocycles. The third-order valence-corrected chi connectivity index (χ3v) is 2.49. The van der Waals surface area contributed by atoms with E-state index >= 15 is 0 Å². The van der Waals surface area contributed by atoms with Crippen molar-refractivity contribution in [2.75, 3.05) is 5.32 Å². The fourth-order valence-corrected chi connectivity index (χ4v) is 1.85. The minimum Gasteiger partial charge on any atom is -0.393 e. The molecule has 2 atom stereocenters. The second kappa shape index (κ2) is 3.42. The van der Waals surface area contributed by atoms with Gasteiger partial charge in [0.2, 0.25) is 5.91 Å². The van der Waals surface area contributed by atoms with Gasteiger partial charge in [-0.2, -0.15) is 0 Å². The van der Waals surface area contributed by atoms with E-state index in [1.54, 1.807) is 6.92 Å². The Kier molecular flexibility index (Phi) is 2.25. The number of fused-ring (bicyclic) bond motifs is 1. The van der Waals surface area contributed by atoms with Gasteiger partial charge in [-0.15, -0.1) is 0 Å². The van der Waals surface area contributed by atoms with Crippen LogP contribution in [0, 0.1) is 0 Å². The summed E-state index contributed by atoms with van der Waals surface area (Å²) < 4.78 is 0. The zero-order valence-electron chi connectivity index (χ0n) is 8.03. The van der Waals surface area contributed by atoms with Gasteiger partial charge in [-0.1, -0.05) is 18.2 Å². The number of carbonyl (C=O) groups is 1. The van der Waals surface area contributed by atoms with Crippen molar-refractivity contribution in [2.45, 2.75) is 25.4 Å². The number of amides is 1. The number of benzene rings is 1. The SMILES string of the molecule is CC(O)CC1C(=O)Nc2ccccc21. The van der Waals surface area contributed by atoms with Crippen molar-refractivity contribution in [3.05, 3.63) is 29.8 Å². The molecule has 0 radical (unpaired) electrons. The van der Waals surface area contributed by atoms with E-state index in [-0.39, 0.29) is 11.8 Å². The first-order valence-electron chi connectivity index (χ1n) is 4.76. The van der Waals surface area contributed by atoms with Crippen LogP contribution in [-0.4, -0.2) is 17.1 Å². The minimum atomic E-state index is -0.447. The number of nitrogens with one attached hydrogen (secondary N) is 1. The van der Waals surface area contributed by atoms with Crippen LogP contribution in [0.2, 0.25) is 0 Å². The number of hydrogen-bond donors (Lipinski definition) is 2. The molecule has 1 aromatic carbocycles. The molecule has 0 aromatic heterocycles. The fourth-order valence-electron chi connectivity index (χ4n) is 1.85. The number of rotatable bonds is 2. The van der Waals surface area contributed by atoms with E-state index in [0.717, 1.165) is 11.3 Å². The Morgan fingerprint density at radius 2 is 2.21 bits per heavy atom. The zero-order chi connectivity index (χ0) is 10.1. The molecule has 1 aliphatic rings. The Labute approximate surface area is 82.8 Å². The lowest BCUT2D eigenvalue weighted by Crippen LogP contribution is -2.16. The molecule has 2 N–H and O–H groups in total. The van der Waals surface area contributed by atoms with Crippen LogP contribution in [0.4, 0.5) is 5.69 Å². The highest BCUT2D eigenvalue weighted by molar-refractivity contribution is 6.02. The summed E-state index contributed by atoms with van der Waals surface area (Å²) in [6, 6.07) is 7.62. The van der Waals surface area contributed by atoms with E-state index in [0.29, 0.717) is 6.42 Å². The van der Waals surface area contributed by atoms with E-state index in [9.17, 15) is 9.90 Å².